The SMILES string of the molecule is CC(C)CC(CNC(=O)OCc1ccccc1)NC(=O)OC(C)(C)C. The van der Waals surface area contributed by atoms with Crippen molar-refractivity contribution >= 4 is 12.2 Å². The number of benzene rings is 1. The van der Waals surface area contributed by atoms with Crippen LogP contribution in [0.3, 0.4) is 0 Å². The molecule has 0 aliphatic rings. The summed E-state index contributed by atoms with van der Waals surface area (Å²) in [7, 11) is 0. The monoisotopic (exact) mass is 350 g/mol. The van der Waals surface area contributed by atoms with Crippen LogP contribution in [0.1, 0.15) is 46.6 Å². The molecule has 140 valence electrons. The van der Waals surface area contributed by atoms with Crippen molar-refractivity contribution < 1.29 is 19.1 Å². The van der Waals surface area contributed by atoms with Crippen LogP contribution in [0.25, 0.3) is 0 Å². The molecule has 1 aromatic carbocycles. The first-order valence-electron chi connectivity index (χ1n) is 8.60. The maximum atomic E-state index is 11.9. The third-order valence-corrected chi connectivity index (χ3v) is 3.18. The van der Waals surface area contributed by atoms with E-state index in [1.807, 2.05) is 51.1 Å². The van der Waals surface area contributed by atoms with Crippen molar-refractivity contribution in [1.29, 1.82) is 0 Å². The van der Waals surface area contributed by atoms with Gasteiger partial charge in [-0.1, -0.05) is 44.2 Å². The van der Waals surface area contributed by atoms with Crippen molar-refractivity contribution in [3.63, 3.8) is 0 Å². The number of rotatable bonds is 7. The van der Waals surface area contributed by atoms with Crippen LogP contribution in [0.15, 0.2) is 30.3 Å². The van der Waals surface area contributed by atoms with Crippen LogP contribution < -0.4 is 10.6 Å². The normalized spacial score (nSPS) is 12.4. The van der Waals surface area contributed by atoms with Gasteiger partial charge in [-0.3, -0.25) is 0 Å². The second kappa shape index (κ2) is 9.91. The summed E-state index contributed by atoms with van der Waals surface area (Å²) in [6.07, 6.45) is -0.278. The van der Waals surface area contributed by atoms with E-state index in [0.717, 1.165) is 12.0 Å². The first kappa shape index (κ1) is 20.8. The van der Waals surface area contributed by atoms with Gasteiger partial charge in [-0.2, -0.15) is 0 Å². The molecule has 0 radical (unpaired) electrons. The van der Waals surface area contributed by atoms with Crippen LogP contribution in [0.2, 0.25) is 0 Å². The van der Waals surface area contributed by atoms with Gasteiger partial charge in [0, 0.05) is 12.6 Å². The van der Waals surface area contributed by atoms with Crippen LogP contribution in [0.5, 0.6) is 0 Å². The summed E-state index contributed by atoms with van der Waals surface area (Å²) in [6.45, 7) is 10.0. The zero-order valence-electron chi connectivity index (χ0n) is 15.8. The second-order valence-corrected chi connectivity index (χ2v) is 7.42. The Bertz CT molecular complexity index is 538. The molecule has 0 saturated heterocycles. The van der Waals surface area contributed by atoms with Crippen molar-refractivity contribution in [2.45, 2.75) is 59.3 Å². The Kier molecular flexibility index (Phi) is 8.25. The number of carbonyl (C=O) groups excluding carboxylic acids is 2. The third-order valence-electron chi connectivity index (χ3n) is 3.18. The molecule has 6 nitrogen and oxygen atoms in total. The Morgan fingerprint density at radius 3 is 2.28 bits per heavy atom. The molecule has 2 amide bonds. The number of nitrogens with one attached hydrogen (secondary N) is 2. The summed E-state index contributed by atoms with van der Waals surface area (Å²) in [5.41, 5.74) is 0.359. The van der Waals surface area contributed by atoms with Gasteiger partial charge in [0.1, 0.15) is 12.2 Å². The molecule has 2 N–H and O–H groups in total. The maximum absolute atomic E-state index is 11.9. The molecule has 1 rings (SSSR count). The molecule has 0 bridgehead atoms. The molecule has 0 aliphatic carbocycles. The molecule has 0 aromatic heterocycles. The van der Waals surface area contributed by atoms with Gasteiger partial charge in [0.25, 0.3) is 0 Å². The standard InChI is InChI=1S/C19H30N2O4/c1-14(2)11-16(21-18(23)25-19(3,4)5)12-20-17(22)24-13-15-9-7-6-8-10-15/h6-10,14,16H,11-13H2,1-5H3,(H,20,22)(H,21,23). The molecule has 25 heavy (non-hydrogen) atoms. The highest BCUT2D eigenvalue weighted by Gasteiger charge is 2.20. The molecular formula is C19H30N2O4. The highest BCUT2D eigenvalue weighted by Crippen LogP contribution is 2.09. The van der Waals surface area contributed by atoms with E-state index >= 15 is 0 Å². The van der Waals surface area contributed by atoms with E-state index in [1.54, 1.807) is 0 Å². The van der Waals surface area contributed by atoms with Crippen LogP contribution in [-0.4, -0.2) is 30.4 Å². The predicted molar refractivity (Wildman–Crippen MR) is 97.2 cm³/mol. The average Bonchev–Trinajstić information content (AvgIpc) is 2.49. The summed E-state index contributed by atoms with van der Waals surface area (Å²) >= 11 is 0. The lowest BCUT2D eigenvalue weighted by Crippen LogP contribution is -2.46. The van der Waals surface area contributed by atoms with E-state index in [2.05, 4.69) is 24.5 Å². The van der Waals surface area contributed by atoms with Gasteiger partial charge >= 0.3 is 12.2 Å². The van der Waals surface area contributed by atoms with Gasteiger partial charge in [0.05, 0.1) is 0 Å². The number of alkyl carbamates (subject to hydrolysis) is 2. The zero-order valence-corrected chi connectivity index (χ0v) is 15.8. The Balaban J connectivity index is 2.43. The Morgan fingerprint density at radius 1 is 1.08 bits per heavy atom. The van der Waals surface area contributed by atoms with Crippen LogP contribution in [-0.2, 0) is 16.1 Å². The summed E-state index contributed by atoms with van der Waals surface area (Å²) in [5, 5.41) is 5.50. The Labute approximate surface area is 150 Å². The first-order valence-corrected chi connectivity index (χ1v) is 8.60. The summed E-state index contributed by atoms with van der Waals surface area (Å²) < 4.78 is 10.4. The van der Waals surface area contributed by atoms with Crippen LogP contribution in [0, 0.1) is 5.92 Å². The third kappa shape index (κ3) is 10.3. The lowest BCUT2D eigenvalue weighted by Gasteiger charge is -2.24. The maximum Gasteiger partial charge on any atom is 0.407 e. The van der Waals surface area contributed by atoms with E-state index < -0.39 is 17.8 Å². The molecule has 1 atom stereocenters. The van der Waals surface area contributed by atoms with Crippen LogP contribution >= 0.6 is 0 Å². The Morgan fingerprint density at radius 2 is 1.72 bits per heavy atom. The summed E-state index contributed by atoms with van der Waals surface area (Å²) in [4.78, 5) is 23.8. The minimum Gasteiger partial charge on any atom is -0.445 e. The van der Waals surface area contributed by atoms with Gasteiger partial charge in [-0.15, -0.1) is 0 Å². The van der Waals surface area contributed by atoms with Crippen molar-refractivity contribution in [3.05, 3.63) is 35.9 Å². The fourth-order valence-corrected chi connectivity index (χ4v) is 2.22. The second-order valence-electron chi connectivity index (χ2n) is 7.42. The summed E-state index contributed by atoms with van der Waals surface area (Å²) in [6, 6.07) is 9.24. The van der Waals surface area contributed by atoms with E-state index in [1.165, 1.54) is 0 Å². The van der Waals surface area contributed by atoms with Gasteiger partial charge < -0.3 is 20.1 Å². The van der Waals surface area contributed by atoms with Crippen molar-refractivity contribution in [2.75, 3.05) is 6.54 Å². The molecule has 0 heterocycles. The number of ether oxygens (including phenoxy) is 2. The van der Waals surface area contributed by atoms with Gasteiger partial charge in [0.2, 0.25) is 0 Å². The smallest absolute Gasteiger partial charge is 0.407 e. The summed E-state index contributed by atoms with van der Waals surface area (Å²) in [5.74, 6) is 0.363. The Hall–Kier alpha value is -2.24. The van der Waals surface area contributed by atoms with Crippen LogP contribution in [0.4, 0.5) is 9.59 Å². The molecule has 1 unspecified atom stereocenters. The highest BCUT2D eigenvalue weighted by molar-refractivity contribution is 5.69. The first-order chi connectivity index (χ1) is 11.7. The quantitative estimate of drug-likeness (QED) is 0.783. The lowest BCUT2D eigenvalue weighted by atomic mass is 10.0. The van der Waals surface area contributed by atoms with Crippen molar-refractivity contribution in [2.24, 2.45) is 5.92 Å². The molecule has 0 fully saturated rings. The van der Waals surface area contributed by atoms with E-state index in [4.69, 9.17) is 9.47 Å². The molecule has 0 saturated carbocycles. The number of amides is 2. The fourth-order valence-electron chi connectivity index (χ4n) is 2.22. The number of hydrogen-bond acceptors (Lipinski definition) is 4. The van der Waals surface area contributed by atoms with E-state index in [0.29, 0.717) is 5.92 Å². The topological polar surface area (TPSA) is 76.7 Å². The van der Waals surface area contributed by atoms with E-state index in [9.17, 15) is 9.59 Å². The lowest BCUT2D eigenvalue weighted by molar-refractivity contribution is 0.0496. The molecule has 6 heteroatoms. The van der Waals surface area contributed by atoms with Gasteiger partial charge in [-0.05, 0) is 38.7 Å². The number of hydrogen-bond donors (Lipinski definition) is 2. The molecule has 0 spiro atoms. The minimum atomic E-state index is -0.561. The van der Waals surface area contributed by atoms with Crippen molar-refractivity contribution in [3.8, 4) is 0 Å². The van der Waals surface area contributed by atoms with Gasteiger partial charge in [0.15, 0.2) is 0 Å². The minimum absolute atomic E-state index is 0.209. The predicted octanol–water partition coefficient (Wildman–Crippen LogP) is 3.85. The molecular weight excluding hydrogens is 320 g/mol. The largest absolute Gasteiger partial charge is 0.445 e. The fraction of sp³-hybridized carbons (Fsp3) is 0.579. The molecule has 1 aromatic rings. The van der Waals surface area contributed by atoms with Crippen molar-refractivity contribution in [1.82, 2.24) is 10.6 Å². The molecule has 0 aliphatic heterocycles. The van der Waals surface area contributed by atoms with Gasteiger partial charge in [-0.25, -0.2) is 9.59 Å². The average molecular weight is 350 g/mol. The highest BCUT2D eigenvalue weighted by atomic mass is 16.6. The van der Waals surface area contributed by atoms with E-state index in [-0.39, 0.29) is 19.2 Å². The zero-order chi connectivity index (χ0) is 18.9. The number of carbonyl (C=O) groups is 2.